The summed E-state index contributed by atoms with van der Waals surface area (Å²) in [5, 5.41) is 7.31. The zero-order valence-corrected chi connectivity index (χ0v) is 11.2. The van der Waals surface area contributed by atoms with Gasteiger partial charge in [-0.25, -0.2) is 0 Å². The van der Waals surface area contributed by atoms with E-state index >= 15 is 0 Å². The van der Waals surface area contributed by atoms with E-state index in [1.807, 2.05) is 31.2 Å². The van der Waals surface area contributed by atoms with Crippen molar-refractivity contribution in [2.45, 2.75) is 13.8 Å². The number of hydrogen-bond acceptors (Lipinski definition) is 2. The van der Waals surface area contributed by atoms with Crippen molar-refractivity contribution in [3.05, 3.63) is 46.2 Å². The van der Waals surface area contributed by atoms with E-state index in [1.54, 1.807) is 14.0 Å². The van der Waals surface area contributed by atoms with Crippen LogP contribution in [0.1, 0.15) is 21.6 Å². The van der Waals surface area contributed by atoms with Crippen molar-refractivity contribution in [2.75, 3.05) is 5.32 Å². The van der Waals surface area contributed by atoms with Gasteiger partial charge in [0.1, 0.15) is 5.15 Å². The van der Waals surface area contributed by atoms with Gasteiger partial charge in [-0.2, -0.15) is 5.10 Å². The summed E-state index contributed by atoms with van der Waals surface area (Å²) in [4.78, 5) is 12.2. The number of nitrogens with one attached hydrogen (secondary N) is 1. The first-order valence-corrected chi connectivity index (χ1v) is 5.94. The van der Waals surface area contributed by atoms with Gasteiger partial charge in [0.25, 0.3) is 5.91 Å². The fourth-order valence-electron chi connectivity index (χ4n) is 1.79. The molecule has 0 bridgehead atoms. The molecule has 0 spiro atoms. The molecule has 2 aromatic rings. The number of aromatic nitrogens is 2. The summed E-state index contributed by atoms with van der Waals surface area (Å²) in [7, 11) is 1.71. The van der Waals surface area contributed by atoms with E-state index in [9.17, 15) is 4.79 Å². The maximum atomic E-state index is 12.2. The lowest BCUT2D eigenvalue weighted by Gasteiger charge is -2.07. The number of nitrogens with zero attached hydrogens (tertiary/aromatic N) is 2. The van der Waals surface area contributed by atoms with Crippen LogP contribution in [0.15, 0.2) is 24.3 Å². The summed E-state index contributed by atoms with van der Waals surface area (Å²) in [5.41, 5.74) is 2.82. The third-order valence-electron chi connectivity index (χ3n) is 2.77. The zero-order chi connectivity index (χ0) is 13.3. The second kappa shape index (κ2) is 4.82. The molecule has 2 rings (SSSR count). The van der Waals surface area contributed by atoms with Gasteiger partial charge in [0.05, 0.1) is 11.3 Å². The highest BCUT2D eigenvalue weighted by atomic mass is 35.5. The van der Waals surface area contributed by atoms with Crippen molar-refractivity contribution in [3.8, 4) is 0 Å². The van der Waals surface area contributed by atoms with Gasteiger partial charge in [-0.05, 0) is 25.5 Å². The topological polar surface area (TPSA) is 46.9 Å². The van der Waals surface area contributed by atoms with Crippen molar-refractivity contribution in [1.29, 1.82) is 0 Å². The predicted octanol–water partition coefficient (Wildman–Crippen LogP) is 2.94. The number of carbonyl (C=O) groups excluding carboxylic acids is 1. The average molecular weight is 264 g/mol. The number of halogens is 1. The molecule has 1 aromatic heterocycles. The minimum atomic E-state index is -0.236. The highest BCUT2D eigenvalue weighted by Crippen LogP contribution is 2.21. The van der Waals surface area contributed by atoms with E-state index in [2.05, 4.69) is 10.4 Å². The van der Waals surface area contributed by atoms with Crippen LogP contribution in [-0.2, 0) is 7.05 Å². The molecule has 0 atom stereocenters. The molecule has 0 aliphatic heterocycles. The fraction of sp³-hybridized carbons (Fsp3) is 0.231. The van der Waals surface area contributed by atoms with E-state index < -0.39 is 0 Å². The van der Waals surface area contributed by atoms with Crippen LogP contribution in [0.2, 0.25) is 5.15 Å². The minimum Gasteiger partial charge on any atom is -0.322 e. The SMILES string of the molecule is Cc1ccccc1NC(=O)c1c(C)nn(C)c1Cl. The lowest BCUT2D eigenvalue weighted by molar-refractivity contribution is 0.102. The molecule has 18 heavy (non-hydrogen) atoms. The third-order valence-corrected chi connectivity index (χ3v) is 3.21. The normalized spacial score (nSPS) is 10.4. The molecule has 1 amide bonds. The van der Waals surface area contributed by atoms with Crippen LogP contribution in [0.4, 0.5) is 5.69 Å². The van der Waals surface area contributed by atoms with Gasteiger partial charge in [-0.15, -0.1) is 0 Å². The molecule has 5 heteroatoms. The zero-order valence-electron chi connectivity index (χ0n) is 10.5. The number of carbonyl (C=O) groups is 1. The predicted molar refractivity (Wildman–Crippen MR) is 72.1 cm³/mol. The summed E-state index contributed by atoms with van der Waals surface area (Å²) >= 11 is 6.05. The largest absolute Gasteiger partial charge is 0.322 e. The molecule has 0 saturated carbocycles. The van der Waals surface area contributed by atoms with Gasteiger partial charge in [-0.1, -0.05) is 29.8 Å². The summed E-state index contributed by atoms with van der Waals surface area (Å²) < 4.78 is 1.49. The van der Waals surface area contributed by atoms with E-state index in [1.165, 1.54) is 4.68 Å². The Labute approximate surface area is 111 Å². The number of hydrogen-bond donors (Lipinski definition) is 1. The van der Waals surface area contributed by atoms with E-state index in [0.29, 0.717) is 16.4 Å². The Morgan fingerprint density at radius 2 is 2.00 bits per heavy atom. The molecule has 1 aromatic carbocycles. The lowest BCUT2D eigenvalue weighted by atomic mass is 10.2. The van der Waals surface area contributed by atoms with Crippen molar-refractivity contribution in [3.63, 3.8) is 0 Å². The second-order valence-electron chi connectivity index (χ2n) is 4.14. The Morgan fingerprint density at radius 3 is 2.56 bits per heavy atom. The summed E-state index contributed by atoms with van der Waals surface area (Å²) in [6.45, 7) is 3.70. The molecule has 0 saturated heterocycles. The Balaban J connectivity index is 2.31. The van der Waals surface area contributed by atoms with Crippen LogP contribution in [0, 0.1) is 13.8 Å². The number of aryl methyl sites for hydroxylation is 3. The van der Waals surface area contributed by atoms with Gasteiger partial charge in [0.2, 0.25) is 0 Å². The number of rotatable bonds is 2. The molecule has 0 radical (unpaired) electrons. The van der Waals surface area contributed by atoms with Gasteiger partial charge in [-0.3, -0.25) is 9.48 Å². The van der Waals surface area contributed by atoms with Crippen LogP contribution < -0.4 is 5.32 Å². The summed E-state index contributed by atoms with van der Waals surface area (Å²) in [5.74, 6) is -0.236. The Kier molecular flexibility index (Phi) is 3.39. The first-order valence-electron chi connectivity index (χ1n) is 5.56. The van der Waals surface area contributed by atoms with Gasteiger partial charge in [0, 0.05) is 12.7 Å². The molecular formula is C13H14ClN3O. The Morgan fingerprint density at radius 1 is 1.33 bits per heavy atom. The third kappa shape index (κ3) is 2.24. The smallest absolute Gasteiger partial charge is 0.260 e. The molecule has 94 valence electrons. The van der Waals surface area contributed by atoms with E-state index in [4.69, 9.17) is 11.6 Å². The standard InChI is InChI=1S/C13H14ClN3O/c1-8-6-4-5-7-10(8)15-13(18)11-9(2)16-17(3)12(11)14/h4-7H,1-3H3,(H,15,18). The summed E-state index contributed by atoms with van der Waals surface area (Å²) in [6, 6.07) is 7.59. The van der Waals surface area contributed by atoms with Gasteiger partial charge in [0.15, 0.2) is 0 Å². The van der Waals surface area contributed by atoms with Crippen LogP contribution in [-0.4, -0.2) is 15.7 Å². The first-order chi connectivity index (χ1) is 8.50. The maximum absolute atomic E-state index is 12.2. The quantitative estimate of drug-likeness (QED) is 0.906. The molecule has 0 aliphatic carbocycles. The first kappa shape index (κ1) is 12.6. The van der Waals surface area contributed by atoms with Crippen molar-refractivity contribution < 1.29 is 4.79 Å². The highest BCUT2D eigenvalue weighted by molar-refractivity contribution is 6.33. The number of amides is 1. The number of anilines is 1. The van der Waals surface area contributed by atoms with Gasteiger partial charge >= 0.3 is 0 Å². The average Bonchev–Trinajstić information content (AvgIpc) is 2.56. The molecule has 0 fully saturated rings. The molecule has 1 N–H and O–H groups in total. The van der Waals surface area contributed by atoms with Crippen molar-refractivity contribution >= 4 is 23.2 Å². The number of benzene rings is 1. The van der Waals surface area contributed by atoms with Crippen LogP contribution in [0.3, 0.4) is 0 Å². The van der Waals surface area contributed by atoms with Crippen LogP contribution in [0.5, 0.6) is 0 Å². The fourth-order valence-corrected chi connectivity index (χ4v) is 2.05. The van der Waals surface area contributed by atoms with E-state index in [0.717, 1.165) is 11.3 Å². The maximum Gasteiger partial charge on any atom is 0.260 e. The van der Waals surface area contributed by atoms with Crippen LogP contribution >= 0.6 is 11.6 Å². The molecule has 4 nitrogen and oxygen atoms in total. The van der Waals surface area contributed by atoms with Crippen LogP contribution in [0.25, 0.3) is 0 Å². The van der Waals surface area contributed by atoms with E-state index in [-0.39, 0.29) is 5.91 Å². The summed E-state index contributed by atoms with van der Waals surface area (Å²) in [6.07, 6.45) is 0. The van der Waals surface area contributed by atoms with Crippen molar-refractivity contribution in [2.24, 2.45) is 7.05 Å². The van der Waals surface area contributed by atoms with Crippen molar-refractivity contribution in [1.82, 2.24) is 9.78 Å². The number of para-hydroxylation sites is 1. The Hall–Kier alpha value is -1.81. The molecule has 0 unspecified atom stereocenters. The minimum absolute atomic E-state index is 0.236. The highest BCUT2D eigenvalue weighted by Gasteiger charge is 2.19. The second-order valence-corrected chi connectivity index (χ2v) is 4.50. The van der Waals surface area contributed by atoms with Gasteiger partial charge < -0.3 is 5.32 Å². The monoisotopic (exact) mass is 263 g/mol. The molecule has 0 aliphatic rings. The molecule has 1 heterocycles. The Bertz CT molecular complexity index is 604. The molecular weight excluding hydrogens is 250 g/mol. The lowest BCUT2D eigenvalue weighted by Crippen LogP contribution is -2.13.